The Kier molecular flexibility index (Phi) is 7.16. The third-order valence-corrected chi connectivity index (χ3v) is 7.32. The van der Waals surface area contributed by atoms with Crippen molar-refractivity contribution in [1.29, 1.82) is 0 Å². The predicted octanol–water partition coefficient (Wildman–Crippen LogP) is 3.55. The van der Waals surface area contributed by atoms with Crippen LogP contribution in [0.25, 0.3) is 0 Å². The lowest BCUT2D eigenvalue weighted by Gasteiger charge is -2.32. The molecule has 0 radical (unpaired) electrons. The summed E-state index contributed by atoms with van der Waals surface area (Å²) in [5.74, 6) is 0.114. The van der Waals surface area contributed by atoms with Crippen molar-refractivity contribution in [1.82, 2.24) is 15.2 Å². The molecule has 1 aliphatic carbocycles. The number of aryl methyl sites for hydroxylation is 3. The van der Waals surface area contributed by atoms with Crippen molar-refractivity contribution in [2.24, 2.45) is 5.92 Å². The average Bonchev–Trinajstić information content (AvgIpc) is 3.20. The van der Waals surface area contributed by atoms with Crippen LogP contribution in [0.4, 0.5) is 0 Å². The first-order valence-electron chi connectivity index (χ1n) is 11.3. The Balaban J connectivity index is 1.19. The van der Waals surface area contributed by atoms with Gasteiger partial charge < -0.3 is 10.2 Å². The molecule has 5 nitrogen and oxygen atoms in total. The van der Waals surface area contributed by atoms with E-state index in [1.165, 1.54) is 34.8 Å². The van der Waals surface area contributed by atoms with Gasteiger partial charge in [-0.3, -0.25) is 9.59 Å². The number of nitrogens with one attached hydrogen (secondary N) is 1. The summed E-state index contributed by atoms with van der Waals surface area (Å²) in [5.41, 5.74) is 2.34. The summed E-state index contributed by atoms with van der Waals surface area (Å²) in [6, 6.07) is 9.82. The number of rotatable bonds is 7. The Labute approximate surface area is 182 Å². The molecule has 1 N–H and O–H groups in total. The van der Waals surface area contributed by atoms with Gasteiger partial charge in [-0.05, 0) is 50.5 Å². The smallest absolute Gasteiger partial charge is 0.227 e. The lowest BCUT2D eigenvalue weighted by molar-refractivity contribution is -0.135. The van der Waals surface area contributed by atoms with Crippen molar-refractivity contribution < 1.29 is 9.59 Å². The van der Waals surface area contributed by atoms with E-state index in [2.05, 4.69) is 5.32 Å². The number of benzene rings is 1. The van der Waals surface area contributed by atoms with Gasteiger partial charge in [0, 0.05) is 30.9 Å². The van der Waals surface area contributed by atoms with Gasteiger partial charge in [-0.1, -0.05) is 30.3 Å². The second kappa shape index (κ2) is 10.2. The molecule has 1 unspecified atom stereocenters. The van der Waals surface area contributed by atoms with Crippen molar-refractivity contribution in [3.63, 3.8) is 0 Å². The largest absolute Gasteiger partial charge is 0.356 e. The predicted molar refractivity (Wildman–Crippen MR) is 120 cm³/mol. The molecule has 2 aromatic rings. The van der Waals surface area contributed by atoms with Gasteiger partial charge in [0.05, 0.1) is 23.0 Å². The highest BCUT2D eigenvalue weighted by molar-refractivity contribution is 7.11. The average molecular weight is 426 g/mol. The number of amides is 2. The monoisotopic (exact) mass is 425 g/mol. The van der Waals surface area contributed by atoms with Gasteiger partial charge in [-0.25, -0.2) is 4.98 Å². The highest BCUT2D eigenvalue weighted by atomic mass is 32.1. The minimum Gasteiger partial charge on any atom is -0.356 e. The maximum atomic E-state index is 12.6. The summed E-state index contributed by atoms with van der Waals surface area (Å²) < 4.78 is 0. The van der Waals surface area contributed by atoms with Crippen LogP contribution in [0.1, 0.15) is 53.2 Å². The van der Waals surface area contributed by atoms with Gasteiger partial charge in [0.25, 0.3) is 0 Å². The lowest BCUT2D eigenvalue weighted by Crippen LogP contribution is -2.46. The molecular weight excluding hydrogens is 394 g/mol. The van der Waals surface area contributed by atoms with Crippen LogP contribution in [-0.2, 0) is 35.3 Å². The number of hydrogen-bond acceptors (Lipinski definition) is 4. The molecular formula is C24H31N3O2S. The number of aromatic nitrogens is 1. The van der Waals surface area contributed by atoms with Crippen molar-refractivity contribution in [3.05, 3.63) is 51.5 Å². The Morgan fingerprint density at radius 1 is 1.13 bits per heavy atom. The van der Waals surface area contributed by atoms with E-state index >= 15 is 0 Å². The highest BCUT2D eigenvalue weighted by Crippen LogP contribution is 2.27. The molecule has 6 heteroatoms. The van der Waals surface area contributed by atoms with Crippen LogP contribution in [0.5, 0.6) is 0 Å². The minimum absolute atomic E-state index is 0.0886. The van der Waals surface area contributed by atoms with E-state index in [9.17, 15) is 9.59 Å². The van der Waals surface area contributed by atoms with Gasteiger partial charge in [0.15, 0.2) is 0 Å². The van der Waals surface area contributed by atoms with Crippen molar-refractivity contribution in [2.75, 3.05) is 19.6 Å². The van der Waals surface area contributed by atoms with Gasteiger partial charge in [-0.15, -0.1) is 11.3 Å². The van der Waals surface area contributed by atoms with Gasteiger partial charge >= 0.3 is 0 Å². The highest BCUT2D eigenvalue weighted by Gasteiger charge is 2.28. The Bertz CT molecular complexity index is 841. The van der Waals surface area contributed by atoms with E-state index in [1.807, 2.05) is 46.6 Å². The molecule has 1 aromatic heterocycles. The first kappa shape index (κ1) is 21.0. The molecule has 1 atom stereocenters. The standard InChI is InChI=1S/C24H31N3O2S/c28-23(16-18-8-2-1-3-9-18)27-15-7-10-19(17-27)24(29)25-14-6-13-22-26-20-11-4-5-12-21(20)30-22/h1-3,8-9,19H,4-7,10-17H2,(H,25,29). The minimum atomic E-state index is -0.0920. The molecule has 30 heavy (non-hydrogen) atoms. The van der Waals surface area contributed by atoms with Crippen LogP contribution in [0, 0.1) is 5.92 Å². The maximum Gasteiger partial charge on any atom is 0.227 e. The summed E-state index contributed by atoms with van der Waals surface area (Å²) in [6.07, 6.45) is 8.88. The number of nitrogens with zero attached hydrogens (tertiary/aromatic N) is 2. The molecule has 1 saturated heterocycles. The summed E-state index contributed by atoms with van der Waals surface area (Å²) >= 11 is 1.86. The van der Waals surface area contributed by atoms with Crippen molar-refractivity contribution in [2.45, 2.75) is 57.8 Å². The van der Waals surface area contributed by atoms with E-state index in [-0.39, 0.29) is 17.7 Å². The first-order valence-corrected chi connectivity index (χ1v) is 12.1. The topological polar surface area (TPSA) is 62.3 Å². The number of thiazole rings is 1. The lowest BCUT2D eigenvalue weighted by atomic mass is 9.96. The second-order valence-corrected chi connectivity index (χ2v) is 9.59. The van der Waals surface area contributed by atoms with Crippen LogP contribution >= 0.6 is 11.3 Å². The molecule has 0 bridgehead atoms. The van der Waals surface area contributed by atoms with E-state index < -0.39 is 0 Å². The normalized spacial score (nSPS) is 18.7. The number of piperidine rings is 1. The van der Waals surface area contributed by atoms with E-state index in [0.717, 1.165) is 44.2 Å². The third-order valence-electron chi connectivity index (χ3n) is 6.10. The summed E-state index contributed by atoms with van der Waals surface area (Å²) in [5, 5.41) is 4.31. The van der Waals surface area contributed by atoms with E-state index in [1.54, 1.807) is 0 Å². The molecule has 1 aromatic carbocycles. The van der Waals surface area contributed by atoms with Gasteiger partial charge in [0.2, 0.25) is 11.8 Å². The first-order chi connectivity index (χ1) is 14.7. The van der Waals surface area contributed by atoms with Crippen molar-refractivity contribution in [3.8, 4) is 0 Å². The molecule has 4 rings (SSSR count). The molecule has 0 saturated carbocycles. The van der Waals surface area contributed by atoms with Crippen LogP contribution < -0.4 is 5.32 Å². The molecule has 2 heterocycles. The van der Waals surface area contributed by atoms with E-state index in [4.69, 9.17) is 4.98 Å². The number of carbonyl (C=O) groups is 2. The maximum absolute atomic E-state index is 12.6. The summed E-state index contributed by atoms with van der Waals surface area (Å²) in [4.78, 5) is 33.4. The summed E-state index contributed by atoms with van der Waals surface area (Å²) in [6.45, 7) is 1.97. The summed E-state index contributed by atoms with van der Waals surface area (Å²) in [7, 11) is 0. The second-order valence-electron chi connectivity index (χ2n) is 8.42. The molecule has 160 valence electrons. The fraction of sp³-hybridized carbons (Fsp3) is 0.542. The molecule has 1 aliphatic heterocycles. The zero-order valence-electron chi connectivity index (χ0n) is 17.6. The quantitative estimate of drug-likeness (QED) is 0.690. The van der Waals surface area contributed by atoms with Crippen LogP contribution in [0.3, 0.4) is 0 Å². The van der Waals surface area contributed by atoms with E-state index in [0.29, 0.717) is 19.5 Å². The van der Waals surface area contributed by atoms with Crippen LogP contribution in [0.2, 0.25) is 0 Å². The van der Waals surface area contributed by atoms with Gasteiger partial charge in [0.1, 0.15) is 0 Å². The molecule has 1 fully saturated rings. The zero-order valence-corrected chi connectivity index (χ0v) is 18.4. The Morgan fingerprint density at radius 3 is 2.80 bits per heavy atom. The molecule has 2 aliphatic rings. The van der Waals surface area contributed by atoms with Gasteiger partial charge in [-0.2, -0.15) is 0 Å². The number of carbonyl (C=O) groups excluding carboxylic acids is 2. The number of likely N-dealkylation sites (tertiary alicyclic amines) is 1. The van der Waals surface area contributed by atoms with Crippen LogP contribution in [0.15, 0.2) is 30.3 Å². The Morgan fingerprint density at radius 2 is 1.97 bits per heavy atom. The fourth-order valence-electron chi connectivity index (χ4n) is 4.41. The zero-order chi connectivity index (χ0) is 20.8. The fourth-order valence-corrected chi connectivity index (χ4v) is 5.61. The molecule has 0 spiro atoms. The number of hydrogen-bond donors (Lipinski definition) is 1. The number of fused-ring (bicyclic) bond motifs is 1. The third kappa shape index (κ3) is 5.48. The van der Waals surface area contributed by atoms with Crippen LogP contribution in [-0.4, -0.2) is 41.3 Å². The SMILES string of the molecule is O=C(NCCCc1nc2c(s1)CCCC2)C1CCCN(C(=O)Cc2ccccc2)C1. The van der Waals surface area contributed by atoms with Crippen molar-refractivity contribution >= 4 is 23.2 Å². The molecule has 2 amide bonds. The Hall–Kier alpha value is -2.21.